The maximum atomic E-state index is 6.14. The van der Waals surface area contributed by atoms with Crippen molar-refractivity contribution >= 4 is 18.3 Å². The Morgan fingerprint density at radius 1 is 1.00 bits per heavy atom. The van der Waals surface area contributed by atoms with Gasteiger partial charge in [-0.05, 0) is 58.1 Å². The quantitative estimate of drug-likeness (QED) is 0.813. The van der Waals surface area contributed by atoms with E-state index in [9.17, 15) is 0 Å². The van der Waals surface area contributed by atoms with Gasteiger partial charge in [0.05, 0.1) is 16.9 Å². The molecule has 2 unspecified atom stereocenters. The van der Waals surface area contributed by atoms with Gasteiger partial charge in [0.1, 0.15) is 6.17 Å². The second-order valence-electron chi connectivity index (χ2n) is 8.67. The molecular formula is C20H30BN3O2. The zero-order chi connectivity index (χ0) is 18.4. The number of nitrogens with zero attached hydrogens (tertiary/aromatic N) is 1. The molecule has 2 saturated heterocycles. The Morgan fingerprint density at radius 2 is 1.69 bits per heavy atom. The summed E-state index contributed by atoms with van der Waals surface area (Å²) in [6.45, 7) is 10.3. The van der Waals surface area contributed by atoms with E-state index in [4.69, 9.17) is 14.3 Å². The highest BCUT2D eigenvalue weighted by atomic mass is 16.7. The second kappa shape index (κ2) is 6.75. The third-order valence-corrected chi connectivity index (χ3v) is 6.27. The van der Waals surface area contributed by atoms with Crippen LogP contribution in [-0.2, 0) is 9.31 Å². The summed E-state index contributed by atoms with van der Waals surface area (Å²) in [6, 6.07) is 8.94. The fourth-order valence-corrected chi connectivity index (χ4v) is 3.83. The zero-order valence-corrected chi connectivity index (χ0v) is 16.3. The molecule has 6 heteroatoms. The van der Waals surface area contributed by atoms with Crippen LogP contribution >= 0.6 is 0 Å². The van der Waals surface area contributed by atoms with Crippen LogP contribution in [0.1, 0.15) is 52.5 Å². The van der Waals surface area contributed by atoms with Crippen LogP contribution in [0.5, 0.6) is 0 Å². The number of hydrogen-bond acceptors (Lipinski definition) is 5. The second-order valence-corrected chi connectivity index (χ2v) is 8.67. The Balaban J connectivity index is 1.45. The largest absolute Gasteiger partial charge is 0.494 e. The minimum absolute atomic E-state index is 0.202. The highest BCUT2D eigenvalue weighted by Gasteiger charge is 2.51. The Hall–Kier alpha value is -1.21. The molecule has 2 N–H and O–H groups in total. The van der Waals surface area contributed by atoms with Crippen molar-refractivity contribution in [2.45, 2.75) is 70.4 Å². The first-order valence-corrected chi connectivity index (χ1v) is 9.85. The first-order chi connectivity index (χ1) is 12.4. The summed E-state index contributed by atoms with van der Waals surface area (Å²) in [5.74, 6) is 0. The Kier molecular flexibility index (Phi) is 4.72. The van der Waals surface area contributed by atoms with Crippen LogP contribution in [0.3, 0.4) is 0 Å². The third-order valence-electron chi connectivity index (χ3n) is 6.27. The van der Waals surface area contributed by atoms with Gasteiger partial charge in [-0.1, -0.05) is 30.7 Å². The van der Waals surface area contributed by atoms with Crippen LogP contribution in [0.2, 0.25) is 0 Å². The summed E-state index contributed by atoms with van der Waals surface area (Å²) < 4.78 is 12.3. The molecule has 26 heavy (non-hydrogen) atoms. The monoisotopic (exact) mass is 355 g/mol. The summed E-state index contributed by atoms with van der Waals surface area (Å²) in [7, 11) is -0.308. The van der Waals surface area contributed by atoms with Gasteiger partial charge < -0.3 is 14.6 Å². The van der Waals surface area contributed by atoms with Gasteiger partial charge in [-0.2, -0.15) is 0 Å². The predicted molar refractivity (Wildman–Crippen MR) is 106 cm³/mol. The summed E-state index contributed by atoms with van der Waals surface area (Å²) in [6.07, 6.45) is 3.98. The SMILES string of the molecule is CC1(C)OB(c2ccc(C3=NC(C4CCCCN4)NC3)cc2)OC1(C)C. The van der Waals surface area contributed by atoms with Gasteiger partial charge in [-0.15, -0.1) is 0 Å². The van der Waals surface area contributed by atoms with E-state index >= 15 is 0 Å². The van der Waals surface area contributed by atoms with Crippen LogP contribution in [0.15, 0.2) is 29.3 Å². The van der Waals surface area contributed by atoms with Crippen molar-refractivity contribution in [2.24, 2.45) is 4.99 Å². The first-order valence-electron chi connectivity index (χ1n) is 9.85. The van der Waals surface area contributed by atoms with Crippen molar-refractivity contribution in [2.75, 3.05) is 13.1 Å². The van der Waals surface area contributed by atoms with Gasteiger partial charge in [0.2, 0.25) is 0 Å². The van der Waals surface area contributed by atoms with Crippen LogP contribution < -0.4 is 16.1 Å². The van der Waals surface area contributed by atoms with Gasteiger partial charge in [0, 0.05) is 12.6 Å². The topological polar surface area (TPSA) is 54.9 Å². The Bertz CT molecular complexity index is 665. The van der Waals surface area contributed by atoms with Crippen molar-refractivity contribution in [3.05, 3.63) is 29.8 Å². The van der Waals surface area contributed by atoms with Gasteiger partial charge in [0.15, 0.2) is 0 Å². The minimum atomic E-state index is -0.310. The molecule has 1 aromatic carbocycles. The van der Waals surface area contributed by atoms with E-state index in [0.717, 1.165) is 24.3 Å². The van der Waals surface area contributed by atoms with Gasteiger partial charge in [-0.25, -0.2) is 0 Å². The number of nitrogens with one attached hydrogen (secondary N) is 2. The van der Waals surface area contributed by atoms with E-state index < -0.39 is 0 Å². The molecule has 0 saturated carbocycles. The molecule has 0 spiro atoms. The fraction of sp³-hybridized carbons (Fsp3) is 0.650. The average molecular weight is 355 g/mol. The van der Waals surface area contributed by atoms with Crippen LogP contribution in [0, 0.1) is 0 Å². The maximum Gasteiger partial charge on any atom is 0.494 e. The lowest BCUT2D eigenvalue weighted by Gasteiger charge is -2.32. The lowest BCUT2D eigenvalue weighted by molar-refractivity contribution is 0.00578. The molecule has 3 aliphatic rings. The van der Waals surface area contributed by atoms with E-state index in [-0.39, 0.29) is 24.5 Å². The fourth-order valence-electron chi connectivity index (χ4n) is 3.83. The standard InChI is InChI=1S/C20H30BN3O2/c1-19(2)20(3,4)26-21(25-19)15-10-8-14(9-11-15)17-13-23-18(24-17)16-7-5-6-12-22-16/h8-11,16,18,22-23H,5-7,12-13H2,1-4H3. The van der Waals surface area contributed by atoms with Crippen molar-refractivity contribution in [3.8, 4) is 0 Å². The first kappa shape index (κ1) is 18.2. The molecule has 0 amide bonds. The van der Waals surface area contributed by atoms with Crippen LogP contribution in [0.4, 0.5) is 0 Å². The molecular weight excluding hydrogens is 325 g/mol. The summed E-state index contributed by atoms with van der Waals surface area (Å²) in [4.78, 5) is 4.94. The highest BCUT2D eigenvalue weighted by molar-refractivity contribution is 6.62. The molecule has 140 valence electrons. The number of piperidine rings is 1. The van der Waals surface area contributed by atoms with Gasteiger partial charge >= 0.3 is 7.12 Å². The van der Waals surface area contributed by atoms with Crippen molar-refractivity contribution in [1.82, 2.24) is 10.6 Å². The Labute approximate surface area is 157 Å². The van der Waals surface area contributed by atoms with Crippen LogP contribution in [-0.4, -0.2) is 49.3 Å². The van der Waals surface area contributed by atoms with E-state index in [1.807, 2.05) is 0 Å². The van der Waals surface area contributed by atoms with E-state index in [2.05, 4.69) is 62.6 Å². The van der Waals surface area contributed by atoms with Crippen molar-refractivity contribution in [1.29, 1.82) is 0 Å². The summed E-state index contributed by atoms with van der Waals surface area (Å²) in [5.41, 5.74) is 2.76. The lowest BCUT2D eigenvalue weighted by atomic mass is 9.78. The highest BCUT2D eigenvalue weighted by Crippen LogP contribution is 2.36. The van der Waals surface area contributed by atoms with Crippen LogP contribution in [0.25, 0.3) is 0 Å². The van der Waals surface area contributed by atoms with Gasteiger partial charge in [0.25, 0.3) is 0 Å². The predicted octanol–water partition coefficient (Wildman–Crippen LogP) is 1.85. The summed E-state index contributed by atoms with van der Waals surface area (Å²) >= 11 is 0. The van der Waals surface area contributed by atoms with Gasteiger partial charge in [-0.3, -0.25) is 10.3 Å². The molecule has 0 aromatic heterocycles. The molecule has 2 fully saturated rings. The minimum Gasteiger partial charge on any atom is -0.399 e. The molecule has 2 atom stereocenters. The van der Waals surface area contributed by atoms with E-state index in [1.165, 1.54) is 24.8 Å². The molecule has 3 aliphatic heterocycles. The molecule has 4 rings (SSSR count). The number of hydrogen-bond donors (Lipinski definition) is 2. The van der Waals surface area contributed by atoms with E-state index in [1.54, 1.807) is 0 Å². The molecule has 3 heterocycles. The maximum absolute atomic E-state index is 6.14. The average Bonchev–Trinajstić information content (AvgIpc) is 3.19. The molecule has 0 bridgehead atoms. The van der Waals surface area contributed by atoms with Crippen molar-refractivity contribution < 1.29 is 9.31 Å². The summed E-state index contributed by atoms with van der Waals surface area (Å²) in [5, 5.41) is 7.14. The number of rotatable bonds is 3. The molecule has 0 aliphatic carbocycles. The molecule has 0 radical (unpaired) electrons. The molecule has 1 aromatic rings. The third kappa shape index (κ3) is 3.36. The normalized spacial score (nSPS) is 30.5. The van der Waals surface area contributed by atoms with Crippen molar-refractivity contribution in [3.63, 3.8) is 0 Å². The Morgan fingerprint density at radius 3 is 2.31 bits per heavy atom. The number of aliphatic imine (C=N–C) groups is 1. The zero-order valence-electron chi connectivity index (χ0n) is 16.3. The lowest BCUT2D eigenvalue weighted by Crippen LogP contribution is -2.47. The smallest absolute Gasteiger partial charge is 0.399 e. The molecule has 5 nitrogen and oxygen atoms in total. The number of benzene rings is 1. The van der Waals surface area contributed by atoms with E-state index in [0.29, 0.717) is 6.04 Å².